The van der Waals surface area contributed by atoms with Gasteiger partial charge in [-0.1, -0.05) is 47.1 Å². The number of halogens is 1. The number of hydrogen-bond acceptors (Lipinski definition) is 7. The molecule has 0 radical (unpaired) electrons. The highest BCUT2D eigenvalue weighted by atomic mass is 35.5. The number of piperidine rings is 1. The van der Waals surface area contributed by atoms with Gasteiger partial charge in [0.15, 0.2) is 11.2 Å². The quantitative estimate of drug-likeness (QED) is 0.332. The summed E-state index contributed by atoms with van der Waals surface area (Å²) in [6.07, 6.45) is 1.10. The summed E-state index contributed by atoms with van der Waals surface area (Å²) in [5.41, 5.74) is 0.806. The van der Waals surface area contributed by atoms with E-state index in [0.29, 0.717) is 49.0 Å². The fourth-order valence-corrected chi connectivity index (χ4v) is 4.51. The van der Waals surface area contributed by atoms with Gasteiger partial charge in [-0.2, -0.15) is 0 Å². The third-order valence-corrected chi connectivity index (χ3v) is 6.54. The van der Waals surface area contributed by atoms with Crippen LogP contribution in [-0.4, -0.2) is 53.8 Å². The second-order valence-electron chi connectivity index (χ2n) is 8.30. The lowest BCUT2D eigenvalue weighted by Crippen LogP contribution is -2.38. The van der Waals surface area contributed by atoms with Crippen molar-refractivity contribution in [3.63, 3.8) is 0 Å². The molecule has 1 saturated heterocycles. The molecule has 0 atom stereocenters. The number of H-pyrrole nitrogens is 1. The first-order chi connectivity index (χ1) is 16.9. The van der Waals surface area contributed by atoms with Crippen LogP contribution in [0.15, 0.2) is 53.3 Å². The number of aromatic amines is 1. The number of nitrogens with one attached hydrogen (secondary N) is 1. The van der Waals surface area contributed by atoms with Gasteiger partial charge in [0.25, 0.3) is 17.2 Å². The summed E-state index contributed by atoms with van der Waals surface area (Å²) < 4.78 is 1.54. The molecular formula is C23H20ClN7O4. The molecule has 1 aliphatic heterocycles. The van der Waals surface area contributed by atoms with Crippen LogP contribution in [0.4, 0.5) is 5.69 Å². The highest BCUT2D eigenvalue weighted by molar-refractivity contribution is 6.31. The normalized spacial score (nSPS) is 14.4. The summed E-state index contributed by atoms with van der Waals surface area (Å²) in [6, 6.07) is 13.3. The van der Waals surface area contributed by atoms with Gasteiger partial charge < -0.3 is 9.88 Å². The molecule has 5 rings (SSSR count). The Kier molecular flexibility index (Phi) is 6.00. The van der Waals surface area contributed by atoms with E-state index in [9.17, 15) is 19.7 Å². The number of rotatable bonds is 5. The highest BCUT2D eigenvalue weighted by Crippen LogP contribution is 2.28. The van der Waals surface area contributed by atoms with Crippen LogP contribution in [0.5, 0.6) is 0 Å². The van der Waals surface area contributed by atoms with E-state index in [1.165, 1.54) is 18.2 Å². The van der Waals surface area contributed by atoms with Crippen molar-refractivity contribution < 1.29 is 9.72 Å². The number of carbonyl (C=O) groups is 1. The van der Waals surface area contributed by atoms with Gasteiger partial charge in [-0.3, -0.25) is 19.7 Å². The number of aromatic nitrogens is 5. The van der Waals surface area contributed by atoms with Gasteiger partial charge in [0.1, 0.15) is 11.4 Å². The van der Waals surface area contributed by atoms with Crippen molar-refractivity contribution in [2.45, 2.75) is 25.3 Å². The fourth-order valence-electron chi connectivity index (χ4n) is 4.31. The molecule has 3 heterocycles. The van der Waals surface area contributed by atoms with Crippen molar-refractivity contribution >= 4 is 34.4 Å². The summed E-state index contributed by atoms with van der Waals surface area (Å²) in [4.78, 5) is 45.4. The summed E-state index contributed by atoms with van der Waals surface area (Å²) in [6.45, 7) is 1.08. The Labute approximate surface area is 203 Å². The number of nitro groups is 1. The predicted molar refractivity (Wildman–Crippen MR) is 127 cm³/mol. The van der Waals surface area contributed by atoms with Crippen LogP contribution in [0, 0.1) is 10.1 Å². The third-order valence-electron chi connectivity index (χ3n) is 6.17. The van der Waals surface area contributed by atoms with E-state index in [2.05, 4.69) is 20.3 Å². The SMILES string of the molecule is O=C(c1ccccc1[N+](=O)[O-])N1CCC(c2nc3c(nnn3Cc3ccccc3Cl)c(=O)[nH]2)CC1. The zero-order valence-electron chi connectivity index (χ0n) is 18.4. The number of hydrogen-bond donors (Lipinski definition) is 1. The third kappa shape index (κ3) is 4.37. The molecule has 4 aromatic rings. The van der Waals surface area contributed by atoms with E-state index in [1.54, 1.807) is 21.7 Å². The monoisotopic (exact) mass is 493 g/mol. The van der Waals surface area contributed by atoms with Gasteiger partial charge in [0, 0.05) is 30.1 Å². The van der Waals surface area contributed by atoms with Crippen LogP contribution < -0.4 is 5.56 Å². The van der Waals surface area contributed by atoms with Crippen molar-refractivity contribution in [3.05, 3.63) is 91.0 Å². The van der Waals surface area contributed by atoms with Crippen molar-refractivity contribution in [2.24, 2.45) is 0 Å². The highest BCUT2D eigenvalue weighted by Gasteiger charge is 2.30. The fraction of sp³-hybridized carbons (Fsp3) is 0.261. The first-order valence-electron chi connectivity index (χ1n) is 11.0. The topological polar surface area (TPSA) is 140 Å². The Morgan fingerprint density at radius 1 is 1.14 bits per heavy atom. The molecule has 178 valence electrons. The maximum absolute atomic E-state index is 12.9. The largest absolute Gasteiger partial charge is 0.338 e. The summed E-state index contributed by atoms with van der Waals surface area (Å²) in [5, 5.41) is 19.9. The Hall–Kier alpha value is -4.12. The molecular weight excluding hydrogens is 474 g/mol. The summed E-state index contributed by atoms with van der Waals surface area (Å²) in [5.74, 6) is 0.0308. The molecule has 1 fully saturated rings. The zero-order chi connectivity index (χ0) is 24.5. The van der Waals surface area contributed by atoms with Gasteiger partial charge in [0.05, 0.1) is 11.5 Å². The first-order valence-corrected chi connectivity index (χ1v) is 11.4. The molecule has 35 heavy (non-hydrogen) atoms. The Morgan fingerprint density at radius 2 is 1.86 bits per heavy atom. The molecule has 2 aromatic carbocycles. The Bertz CT molecular complexity index is 1490. The molecule has 1 N–H and O–H groups in total. The lowest BCUT2D eigenvalue weighted by molar-refractivity contribution is -0.385. The molecule has 1 aliphatic rings. The van der Waals surface area contributed by atoms with Gasteiger partial charge in [0.2, 0.25) is 0 Å². The van der Waals surface area contributed by atoms with E-state index < -0.39 is 4.92 Å². The van der Waals surface area contributed by atoms with Gasteiger partial charge in [-0.05, 0) is 30.5 Å². The zero-order valence-corrected chi connectivity index (χ0v) is 19.2. The predicted octanol–water partition coefficient (Wildman–Crippen LogP) is 3.14. The number of nitrogens with zero attached hydrogens (tertiary/aromatic N) is 6. The molecule has 11 nitrogen and oxygen atoms in total. The molecule has 0 unspecified atom stereocenters. The van der Waals surface area contributed by atoms with Crippen LogP contribution in [0.1, 0.15) is 40.5 Å². The number of likely N-dealkylation sites (tertiary alicyclic amines) is 1. The number of nitro benzene ring substituents is 1. The van der Waals surface area contributed by atoms with Gasteiger partial charge in [-0.25, -0.2) is 9.67 Å². The first kappa shape index (κ1) is 22.7. The molecule has 0 saturated carbocycles. The van der Waals surface area contributed by atoms with Crippen LogP contribution in [0.2, 0.25) is 5.02 Å². The van der Waals surface area contributed by atoms with Crippen LogP contribution >= 0.6 is 11.6 Å². The van der Waals surface area contributed by atoms with Crippen molar-refractivity contribution in [3.8, 4) is 0 Å². The summed E-state index contributed by atoms with van der Waals surface area (Å²) >= 11 is 6.27. The Morgan fingerprint density at radius 3 is 2.60 bits per heavy atom. The second-order valence-corrected chi connectivity index (χ2v) is 8.71. The van der Waals surface area contributed by atoms with Crippen LogP contribution in [0.25, 0.3) is 11.2 Å². The smallest absolute Gasteiger partial charge is 0.282 e. The van der Waals surface area contributed by atoms with Crippen LogP contribution in [0.3, 0.4) is 0 Å². The van der Waals surface area contributed by atoms with E-state index in [4.69, 9.17) is 11.6 Å². The molecule has 12 heteroatoms. The average Bonchev–Trinajstić information content (AvgIpc) is 3.28. The number of carbonyl (C=O) groups excluding carboxylic acids is 1. The van der Waals surface area contributed by atoms with Crippen LogP contribution in [-0.2, 0) is 6.54 Å². The molecule has 0 spiro atoms. The molecule has 0 aliphatic carbocycles. The van der Waals surface area contributed by atoms with E-state index >= 15 is 0 Å². The molecule has 1 amide bonds. The minimum atomic E-state index is -0.552. The molecule has 2 aromatic heterocycles. The van der Waals surface area contributed by atoms with E-state index in [0.717, 1.165) is 5.56 Å². The maximum Gasteiger partial charge on any atom is 0.282 e. The lowest BCUT2D eigenvalue weighted by atomic mass is 9.95. The second kappa shape index (κ2) is 9.26. The van der Waals surface area contributed by atoms with Gasteiger partial charge >= 0.3 is 0 Å². The Balaban J connectivity index is 1.36. The number of para-hydroxylation sites is 1. The number of amides is 1. The maximum atomic E-state index is 12.9. The minimum Gasteiger partial charge on any atom is -0.338 e. The standard InChI is InChI=1S/C23H20ClN7O4/c24-17-7-3-1-5-15(17)13-30-21-19(27-28-30)22(32)26-20(25-21)14-9-11-29(12-10-14)23(33)16-6-2-4-8-18(16)31(34)35/h1-8,14H,9-13H2,(H,25,26,32). The van der Waals surface area contributed by atoms with Crippen molar-refractivity contribution in [2.75, 3.05) is 13.1 Å². The number of benzene rings is 2. The van der Waals surface area contributed by atoms with E-state index in [1.807, 2.05) is 18.2 Å². The lowest BCUT2D eigenvalue weighted by Gasteiger charge is -2.31. The molecule has 0 bridgehead atoms. The summed E-state index contributed by atoms with van der Waals surface area (Å²) in [7, 11) is 0. The van der Waals surface area contributed by atoms with Gasteiger partial charge in [-0.15, -0.1) is 5.10 Å². The number of fused-ring (bicyclic) bond motifs is 1. The average molecular weight is 494 g/mol. The minimum absolute atomic E-state index is 0.0680. The van der Waals surface area contributed by atoms with Crippen molar-refractivity contribution in [1.82, 2.24) is 29.9 Å². The van der Waals surface area contributed by atoms with Crippen molar-refractivity contribution in [1.29, 1.82) is 0 Å². The van der Waals surface area contributed by atoms with E-state index in [-0.39, 0.29) is 34.2 Å².